The van der Waals surface area contributed by atoms with Crippen molar-refractivity contribution in [2.45, 2.75) is 44.4 Å². The highest BCUT2D eigenvalue weighted by Gasteiger charge is 2.30. The lowest BCUT2D eigenvalue weighted by atomic mass is 10.1. The van der Waals surface area contributed by atoms with Gasteiger partial charge in [-0.25, -0.2) is 9.37 Å². The minimum Gasteiger partial charge on any atom is -0.339 e. The number of carbonyl (C=O) groups excluding carboxylic acids is 2. The molecule has 1 aliphatic heterocycles. The van der Waals surface area contributed by atoms with Crippen molar-refractivity contribution < 1.29 is 14.0 Å². The first-order chi connectivity index (χ1) is 20.9. The van der Waals surface area contributed by atoms with Crippen LogP contribution in [0.15, 0.2) is 78.0 Å². The Morgan fingerprint density at radius 2 is 1.74 bits per heavy atom. The van der Waals surface area contributed by atoms with Crippen molar-refractivity contribution >= 4 is 45.6 Å². The summed E-state index contributed by atoms with van der Waals surface area (Å²) in [6.07, 6.45) is 1.09. The Kier molecular flexibility index (Phi) is 8.38. The molecule has 1 fully saturated rings. The quantitative estimate of drug-likeness (QED) is 0.168. The van der Waals surface area contributed by atoms with Crippen LogP contribution in [0.2, 0.25) is 0 Å². The van der Waals surface area contributed by atoms with Gasteiger partial charge in [-0.2, -0.15) is 0 Å². The summed E-state index contributed by atoms with van der Waals surface area (Å²) in [4.78, 5) is 34.4. The van der Waals surface area contributed by atoms with Gasteiger partial charge in [-0.3, -0.25) is 9.59 Å². The number of rotatable bonds is 8. The van der Waals surface area contributed by atoms with E-state index in [1.165, 1.54) is 47.2 Å². The molecule has 1 atom stereocenters. The van der Waals surface area contributed by atoms with Gasteiger partial charge in [0, 0.05) is 55.3 Å². The van der Waals surface area contributed by atoms with Crippen molar-refractivity contribution in [3.63, 3.8) is 0 Å². The molecule has 2 amide bonds. The molecule has 0 aliphatic carbocycles. The second-order valence-electron chi connectivity index (χ2n) is 10.9. The third-order valence-corrected chi connectivity index (χ3v) is 8.97. The average Bonchev–Trinajstić information content (AvgIpc) is 3.33. The van der Waals surface area contributed by atoms with Crippen LogP contribution < -0.4 is 0 Å². The fourth-order valence-electron chi connectivity index (χ4n) is 5.66. The number of hydrogen-bond donors (Lipinski definition) is 0. The van der Waals surface area contributed by atoms with Crippen molar-refractivity contribution in [2.75, 3.05) is 25.4 Å². The topological polar surface area (TPSA) is 84.2 Å². The summed E-state index contributed by atoms with van der Waals surface area (Å²) in [5.41, 5.74) is 5.57. The third kappa shape index (κ3) is 6.10. The number of carbonyl (C=O) groups is 2. The molecule has 0 N–H and O–H groups in total. The van der Waals surface area contributed by atoms with Gasteiger partial charge in [0.2, 0.25) is 11.1 Å². The van der Waals surface area contributed by atoms with Gasteiger partial charge < -0.3 is 14.4 Å². The Balaban J connectivity index is 1.06. The number of nitrogens with zero attached hydrogens (tertiary/aromatic N) is 6. The number of aromatic nitrogens is 4. The molecule has 6 rings (SSSR count). The molecule has 0 saturated carbocycles. The number of thioether (sulfide) groups is 1. The molecular formula is C33H33FN6O2S. The summed E-state index contributed by atoms with van der Waals surface area (Å²) in [6, 6.07) is 22.0. The summed E-state index contributed by atoms with van der Waals surface area (Å²) < 4.78 is 15.5. The van der Waals surface area contributed by atoms with Crippen LogP contribution >= 0.6 is 11.8 Å². The molecule has 0 bridgehead atoms. The van der Waals surface area contributed by atoms with E-state index in [4.69, 9.17) is 4.98 Å². The zero-order chi connectivity index (χ0) is 29.9. The monoisotopic (exact) mass is 596 g/mol. The van der Waals surface area contributed by atoms with Crippen LogP contribution in [0.4, 0.5) is 4.39 Å². The molecule has 10 heteroatoms. The smallest absolute Gasteiger partial charge is 0.254 e. The molecule has 3 heterocycles. The van der Waals surface area contributed by atoms with E-state index in [9.17, 15) is 14.0 Å². The molecule has 2 aromatic heterocycles. The standard InChI is InChI=1S/C33H33FN6O2S/c1-22-8-3-4-9-25(22)21-40-28-11-6-5-10-27(28)30-31(40)35-33(37-36-30)43-19-7-12-29(41)38-17-18-39(23(2)20-38)32(42)24-13-15-26(34)16-14-24/h3-6,8-11,13-16,23H,7,12,17-21H2,1-2H3. The van der Waals surface area contributed by atoms with Gasteiger partial charge in [0.25, 0.3) is 5.91 Å². The molecule has 3 aromatic carbocycles. The first-order valence-corrected chi connectivity index (χ1v) is 15.5. The fourth-order valence-corrected chi connectivity index (χ4v) is 6.38. The van der Waals surface area contributed by atoms with Crippen molar-refractivity contribution in [1.82, 2.24) is 29.5 Å². The first kappa shape index (κ1) is 28.8. The van der Waals surface area contributed by atoms with E-state index in [0.717, 1.165) is 22.1 Å². The number of hydrogen-bond acceptors (Lipinski definition) is 6. The zero-order valence-electron chi connectivity index (χ0n) is 24.2. The van der Waals surface area contributed by atoms with Crippen molar-refractivity contribution in [2.24, 2.45) is 0 Å². The predicted molar refractivity (Wildman–Crippen MR) is 167 cm³/mol. The molecule has 5 aromatic rings. The van der Waals surface area contributed by atoms with Gasteiger partial charge in [-0.05, 0) is 61.7 Å². The van der Waals surface area contributed by atoms with Gasteiger partial charge >= 0.3 is 0 Å². The lowest BCUT2D eigenvalue weighted by Crippen LogP contribution is -2.55. The molecule has 1 unspecified atom stereocenters. The normalized spacial score (nSPS) is 15.4. The van der Waals surface area contributed by atoms with Crippen LogP contribution in [0, 0.1) is 12.7 Å². The van der Waals surface area contributed by atoms with Crippen molar-refractivity contribution in [3.05, 3.63) is 95.3 Å². The second kappa shape index (κ2) is 12.5. The van der Waals surface area contributed by atoms with Crippen LogP contribution in [0.25, 0.3) is 22.1 Å². The van der Waals surface area contributed by atoms with Crippen LogP contribution in [-0.4, -0.2) is 72.8 Å². The minimum absolute atomic E-state index is 0.0779. The van der Waals surface area contributed by atoms with Crippen molar-refractivity contribution in [1.29, 1.82) is 0 Å². The maximum atomic E-state index is 13.3. The SMILES string of the molecule is Cc1ccccc1Cn1c2ccccc2c2nnc(SCCCC(=O)N3CCN(C(=O)c4ccc(F)cc4)C(C)C3)nc21. The summed E-state index contributed by atoms with van der Waals surface area (Å²) in [7, 11) is 0. The molecule has 220 valence electrons. The Morgan fingerprint density at radius 3 is 2.53 bits per heavy atom. The van der Waals surface area contributed by atoms with E-state index >= 15 is 0 Å². The molecule has 0 radical (unpaired) electrons. The highest BCUT2D eigenvalue weighted by Crippen LogP contribution is 2.29. The minimum atomic E-state index is -0.372. The maximum Gasteiger partial charge on any atom is 0.254 e. The molecule has 1 saturated heterocycles. The average molecular weight is 597 g/mol. The molecular weight excluding hydrogens is 563 g/mol. The summed E-state index contributed by atoms with van der Waals surface area (Å²) in [5.74, 6) is 0.256. The van der Waals surface area contributed by atoms with Crippen molar-refractivity contribution in [3.8, 4) is 0 Å². The van der Waals surface area contributed by atoms with Gasteiger partial charge in [0.05, 0.1) is 5.52 Å². The number of benzene rings is 3. The lowest BCUT2D eigenvalue weighted by molar-refractivity contribution is -0.133. The number of halogens is 1. The fraction of sp³-hybridized carbons (Fsp3) is 0.303. The second-order valence-corrected chi connectivity index (χ2v) is 12.0. The largest absolute Gasteiger partial charge is 0.339 e. The Labute approximate surface area is 253 Å². The lowest BCUT2D eigenvalue weighted by Gasteiger charge is -2.40. The van der Waals surface area contributed by atoms with E-state index in [2.05, 4.69) is 52.0 Å². The summed E-state index contributed by atoms with van der Waals surface area (Å²) in [5, 5.41) is 10.6. The van der Waals surface area contributed by atoms with E-state index in [1.807, 2.05) is 30.0 Å². The molecule has 8 nitrogen and oxygen atoms in total. The Hall–Kier alpha value is -4.31. The number of piperazine rings is 1. The van der Waals surface area contributed by atoms with Gasteiger partial charge in [0.15, 0.2) is 5.65 Å². The van der Waals surface area contributed by atoms with E-state index < -0.39 is 0 Å². The van der Waals surface area contributed by atoms with Gasteiger partial charge in [-0.15, -0.1) is 10.2 Å². The Bertz CT molecular complexity index is 1790. The molecule has 0 spiro atoms. The highest BCUT2D eigenvalue weighted by atomic mass is 32.2. The number of amides is 2. The zero-order valence-corrected chi connectivity index (χ0v) is 25.1. The first-order valence-electron chi connectivity index (χ1n) is 14.5. The van der Waals surface area contributed by atoms with Gasteiger partial charge in [-0.1, -0.05) is 54.2 Å². The predicted octanol–water partition coefficient (Wildman–Crippen LogP) is 5.72. The maximum absolute atomic E-state index is 13.3. The highest BCUT2D eigenvalue weighted by molar-refractivity contribution is 7.99. The van der Waals surface area contributed by atoms with E-state index in [1.54, 1.807) is 4.90 Å². The van der Waals surface area contributed by atoms with Gasteiger partial charge in [0.1, 0.15) is 11.3 Å². The van der Waals surface area contributed by atoms with E-state index in [0.29, 0.717) is 55.5 Å². The summed E-state index contributed by atoms with van der Waals surface area (Å²) >= 11 is 1.51. The van der Waals surface area contributed by atoms with Crippen LogP contribution in [0.3, 0.4) is 0 Å². The van der Waals surface area contributed by atoms with Crippen LogP contribution in [-0.2, 0) is 11.3 Å². The third-order valence-electron chi connectivity index (χ3n) is 8.04. The van der Waals surface area contributed by atoms with E-state index in [-0.39, 0.29) is 23.7 Å². The molecule has 1 aliphatic rings. The van der Waals surface area contributed by atoms with Crippen LogP contribution in [0.1, 0.15) is 41.3 Å². The van der Waals surface area contributed by atoms with Crippen LogP contribution in [0.5, 0.6) is 0 Å². The Morgan fingerprint density at radius 1 is 0.977 bits per heavy atom. The number of fused-ring (bicyclic) bond motifs is 3. The summed E-state index contributed by atoms with van der Waals surface area (Å²) in [6.45, 7) is 6.16. The number of aryl methyl sites for hydroxylation is 1. The molecule has 43 heavy (non-hydrogen) atoms. The number of para-hydroxylation sites is 1.